The summed E-state index contributed by atoms with van der Waals surface area (Å²) in [6.07, 6.45) is 0.945. The van der Waals surface area contributed by atoms with Gasteiger partial charge >= 0.3 is 23.1 Å². The minimum Gasteiger partial charge on any atom is -1.00 e. The van der Waals surface area contributed by atoms with Crippen molar-refractivity contribution in [1.29, 1.82) is 5.26 Å². The molecule has 0 saturated carbocycles. The molecule has 0 fully saturated rings. The Morgan fingerprint density at radius 3 is 1.79 bits per heavy atom. The molecule has 0 atom stereocenters. The van der Waals surface area contributed by atoms with Crippen LogP contribution in [0, 0.1) is 31.4 Å². The number of tetrazole rings is 1. The zero-order valence-corrected chi connectivity index (χ0v) is 41.8. The van der Waals surface area contributed by atoms with Gasteiger partial charge in [-0.25, -0.2) is 28.1 Å². The van der Waals surface area contributed by atoms with Gasteiger partial charge in [-0.1, -0.05) is 31.7 Å². The molecule has 0 amide bonds. The number of hydrogen-bond acceptors (Lipinski definition) is 18. The topological polar surface area (TPSA) is 314 Å². The van der Waals surface area contributed by atoms with E-state index in [9.17, 15) is 18.0 Å². The Morgan fingerprint density at radius 1 is 0.800 bits per heavy atom. The van der Waals surface area contributed by atoms with E-state index in [0.717, 1.165) is 33.7 Å². The number of rotatable bonds is 7. The molecular weight excluding hydrogens is 1030 g/mol. The van der Waals surface area contributed by atoms with Crippen LogP contribution in [0.1, 0.15) is 25.5 Å². The third-order valence-electron chi connectivity index (χ3n) is 8.34. The number of aromatic nitrogens is 8. The second-order valence-corrected chi connectivity index (χ2v) is 16.7. The number of nitrogen functional groups attached to an aromatic ring is 2. The van der Waals surface area contributed by atoms with Crippen molar-refractivity contribution < 1.29 is 25.4 Å². The van der Waals surface area contributed by atoms with E-state index in [4.69, 9.17) is 29.9 Å². The number of nitriles is 1. The van der Waals surface area contributed by atoms with E-state index >= 15 is 0 Å². The van der Waals surface area contributed by atoms with Gasteiger partial charge in [-0.3, -0.25) is 9.59 Å². The van der Waals surface area contributed by atoms with Crippen molar-refractivity contribution in [1.82, 2.24) is 40.6 Å². The zero-order valence-electron chi connectivity index (χ0n) is 36.3. The predicted molar refractivity (Wildman–Crippen MR) is 271 cm³/mol. The maximum atomic E-state index is 12.2. The number of anilines is 4. The van der Waals surface area contributed by atoms with Gasteiger partial charge in [0.05, 0.1) is 41.9 Å². The third-order valence-corrected chi connectivity index (χ3v) is 11.0. The molecular formula is C44H40BrMgN17O4S3. The molecule has 1 aliphatic rings. The summed E-state index contributed by atoms with van der Waals surface area (Å²) in [6.45, 7) is 19.8. The van der Waals surface area contributed by atoms with E-state index in [1.165, 1.54) is 22.7 Å². The summed E-state index contributed by atoms with van der Waals surface area (Å²) in [5, 5.41) is 39.5. The van der Waals surface area contributed by atoms with Crippen LogP contribution in [0.5, 0.6) is 0 Å². The van der Waals surface area contributed by atoms with Crippen molar-refractivity contribution in [3.63, 3.8) is 0 Å². The summed E-state index contributed by atoms with van der Waals surface area (Å²) in [7, 11) is -3.63. The van der Waals surface area contributed by atoms with E-state index < -0.39 is 26.1 Å². The van der Waals surface area contributed by atoms with Crippen LogP contribution in [0.4, 0.5) is 34.4 Å². The van der Waals surface area contributed by atoms with Crippen LogP contribution in [0.25, 0.3) is 42.2 Å². The quantitative estimate of drug-likeness (QED) is 0.0524. The van der Waals surface area contributed by atoms with Crippen molar-refractivity contribution >= 4 is 95.7 Å². The minimum absolute atomic E-state index is 0. The maximum Gasteiger partial charge on any atom is 2.00 e. The number of hydrogen-bond donors (Lipinski definition) is 6. The van der Waals surface area contributed by atoms with Gasteiger partial charge in [0.15, 0.2) is 0 Å². The van der Waals surface area contributed by atoms with E-state index in [-0.39, 0.29) is 70.5 Å². The molecule has 5 aromatic heterocycles. The fourth-order valence-electron chi connectivity index (χ4n) is 5.25. The Labute approximate surface area is 436 Å². The molecule has 6 heterocycles. The maximum absolute atomic E-state index is 12.2. The summed E-state index contributed by atoms with van der Waals surface area (Å²) in [5.74, 6) is 0.752. The summed E-state index contributed by atoms with van der Waals surface area (Å²) in [5.41, 5.74) is 15.5. The van der Waals surface area contributed by atoms with Gasteiger partial charge in [-0.15, -0.1) is 38.0 Å². The Kier molecular flexibility index (Phi) is 23.8. The Balaban J connectivity index is 0.000000334. The molecule has 352 valence electrons. The molecule has 8 aromatic rings. The standard InChI is InChI=1S/C16H10N8OS.C10H7N3O3S2.C8H8N4.C7H6N2.C2H5.CH4.BrH.Mg/c1-17-13-12(11-3-2-8-26-11)19-16(20-15(13)25)18-10-6-4-9(5-7-10)14-21-23-24-22-14;1-11-8-7(6-4-3-5-17-6)12-10(13-9(8)14)18(2,15)16;9-7-3-1-6(2-4-7)8-5-10-12-11-8;8-5-6-1-3-7(9)4-2-6;1-2;;;/h2-8H,(H2,18,19,20,25)(H,21,22,23,24);3-5H,2H3,(H,12,13,14);1-4H,5,9H2;1-4H,9H2;1H2,2H3;1H4;1H;/q;;;;-1;;;+2/p-1. The number of nitrogens with zero attached hydrogens (tertiary/aromatic N) is 11. The molecule has 0 unspecified atom stereocenters. The number of sulfone groups is 1. The first kappa shape index (κ1) is 58.4. The smallest absolute Gasteiger partial charge is 1.00 e. The van der Waals surface area contributed by atoms with Gasteiger partial charge in [-0.2, -0.15) is 22.5 Å². The molecule has 70 heavy (non-hydrogen) atoms. The zero-order chi connectivity index (χ0) is 48.3. The largest absolute Gasteiger partial charge is 2.00 e. The average Bonchev–Trinajstić information content (AvgIpc) is 4.20. The number of benzene rings is 3. The molecule has 0 saturated heterocycles. The number of aromatic amines is 3. The van der Waals surface area contributed by atoms with Crippen molar-refractivity contribution in [2.45, 2.75) is 19.5 Å². The summed E-state index contributed by atoms with van der Waals surface area (Å²) in [4.78, 5) is 44.6. The van der Waals surface area contributed by atoms with Gasteiger partial charge in [0.2, 0.25) is 26.8 Å². The monoisotopic (exact) mass is 1070 g/mol. The van der Waals surface area contributed by atoms with Crippen LogP contribution < -0.4 is 44.9 Å². The Hall–Kier alpha value is -7.77. The normalized spacial score (nSPS) is 10.4. The number of H-pyrrole nitrogens is 3. The van der Waals surface area contributed by atoms with Gasteiger partial charge in [0, 0.05) is 44.2 Å². The molecule has 26 heteroatoms. The van der Waals surface area contributed by atoms with Crippen LogP contribution in [-0.4, -0.2) is 90.5 Å². The SMILES string of the molecule is C.N#Cc1ccc(N)cc1.Nc1ccc(C2=NN=NC2)cc1.[Br-].[C-]#[N+]c1c(-c2cccs2)nc(Nc2ccc(-c3nn[nH]n3)cc2)[nH]c1=O.[C-]#[N+]c1c(-c2cccs2)nc(S(C)(=O)=O)[nH]c1=O.[CH2-]C.[Mg+2]. The van der Waals surface area contributed by atoms with Gasteiger partial charge in [-0.05, 0) is 94.0 Å². The van der Waals surface area contributed by atoms with Gasteiger partial charge < -0.3 is 50.7 Å². The van der Waals surface area contributed by atoms with E-state index in [2.05, 4.69) is 77.9 Å². The molecule has 0 bridgehead atoms. The number of halogens is 1. The number of nitrogens with two attached hydrogens (primary N) is 2. The summed E-state index contributed by atoms with van der Waals surface area (Å²) >= 11 is 2.70. The Morgan fingerprint density at radius 2 is 1.33 bits per heavy atom. The first-order chi connectivity index (χ1) is 32.4. The van der Waals surface area contributed by atoms with Crippen LogP contribution in [0.2, 0.25) is 0 Å². The first-order valence-corrected chi connectivity index (χ1v) is 22.7. The van der Waals surface area contributed by atoms with Crippen LogP contribution >= 0.6 is 22.7 Å². The van der Waals surface area contributed by atoms with Crippen molar-refractivity contribution in [2.75, 3.05) is 29.6 Å². The summed E-state index contributed by atoms with van der Waals surface area (Å²) in [6, 6.07) is 30.6. The first-order valence-electron chi connectivity index (χ1n) is 19.0. The van der Waals surface area contributed by atoms with E-state index in [0.29, 0.717) is 39.9 Å². The van der Waals surface area contributed by atoms with Crippen molar-refractivity contribution in [3.8, 4) is 38.6 Å². The van der Waals surface area contributed by atoms with Crippen LogP contribution in [-0.2, 0) is 9.84 Å². The summed E-state index contributed by atoms with van der Waals surface area (Å²) < 4.78 is 22.8. The average molecular weight is 1070 g/mol. The minimum atomic E-state index is -3.63. The van der Waals surface area contributed by atoms with Gasteiger partial charge in [0.25, 0.3) is 22.5 Å². The molecule has 0 aliphatic carbocycles. The van der Waals surface area contributed by atoms with Crippen LogP contribution in [0.15, 0.2) is 138 Å². The Bertz CT molecular complexity index is 3330. The molecule has 0 radical (unpaired) electrons. The second-order valence-electron chi connectivity index (χ2n) is 12.9. The molecule has 21 nitrogen and oxygen atoms in total. The second kappa shape index (κ2) is 28.5. The molecule has 9 rings (SSSR count). The number of thiophene rings is 2. The van der Waals surface area contributed by atoms with Crippen LogP contribution in [0.3, 0.4) is 0 Å². The molecule has 3 aromatic carbocycles. The van der Waals surface area contributed by atoms with E-state index in [1.54, 1.807) is 60.8 Å². The number of nitrogens with one attached hydrogen (secondary N) is 4. The predicted octanol–water partition coefficient (Wildman–Crippen LogP) is 5.10. The molecule has 1 aliphatic heterocycles. The molecule has 8 N–H and O–H groups in total. The third kappa shape index (κ3) is 16.2. The van der Waals surface area contributed by atoms with E-state index in [1.807, 2.05) is 60.0 Å². The van der Waals surface area contributed by atoms with Crippen molar-refractivity contribution in [2.24, 2.45) is 15.4 Å². The fraction of sp³-hybridized carbons (Fsp3) is 0.0909. The van der Waals surface area contributed by atoms with Gasteiger partial charge in [0.1, 0.15) is 6.54 Å². The van der Waals surface area contributed by atoms with Crippen molar-refractivity contribution in [3.05, 3.63) is 169 Å². The fourth-order valence-corrected chi connectivity index (χ4v) is 7.21. The molecule has 0 spiro atoms.